The molecule has 1 fully saturated rings. The van der Waals surface area contributed by atoms with Gasteiger partial charge in [0.15, 0.2) is 0 Å². The van der Waals surface area contributed by atoms with E-state index < -0.39 is 0 Å². The fourth-order valence-electron chi connectivity index (χ4n) is 2.41. The van der Waals surface area contributed by atoms with Crippen LogP contribution in [0.4, 0.5) is 11.5 Å². The summed E-state index contributed by atoms with van der Waals surface area (Å²) in [6.07, 6.45) is 2.45. The fraction of sp³-hybridized carbons (Fsp3) is 0.294. The summed E-state index contributed by atoms with van der Waals surface area (Å²) in [6.45, 7) is 1.77. The van der Waals surface area contributed by atoms with Gasteiger partial charge in [-0.05, 0) is 17.7 Å². The molecule has 5 heteroatoms. The number of carbonyl (C=O) groups excluding carboxylic acids is 1. The lowest BCUT2D eigenvalue weighted by Gasteiger charge is -2.39. The number of hydrogen-bond acceptors (Lipinski definition) is 4. The first-order valence-corrected chi connectivity index (χ1v) is 7.32. The van der Waals surface area contributed by atoms with Crippen molar-refractivity contribution >= 4 is 17.4 Å². The Balaban J connectivity index is 1.54. The van der Waals surface area contributed by atoms with Crippen LogP contribution in [-0.2, 0) is 16.0 Å². The number of ether oxygens (including phenoxy) is 1. The van der Waals surface area contributed by atoms with E-state index in [4.69, 9.17) is 4.74 Å². The summed E-state index contributed by atoms with van der Waals surface area (Å²) in [5.74, 6) is 0.517. The number of methoxy groups -OCH3 is 1. The monoisotopic (exact) mass is 297 g/mol. The second-order valence-electron chi connectivity index (χ2n) is 5.37. The highest BCUT2D eigenvalue weighted by molar-refractivity contribution is 5.91. The molecule has 1 saturated heterocycles. The fourth-order valence-corrected chi connectivity index (χ4v) is 2.41. The molecule has 0 aliphatic carbocycles. The second kappa shape index (κ2) is 6.58. The van der Waals surface area contributed by atoms with Crippen LogP contribution in [0.15, 0.2) is 48.7 Å². The Hall–Kier alpha value is -2.40. The van der Waals surface area contributed by atoms with Crippen molar-refractivity contribution in [2.45, 2.75) is 12.5 Å². The maximum absolute atomic E-state index is 12.0. The third-order valence-corrected chi connectivity index (χ3v) is 3.77. The van der Waals surface area contributed by atoms with Gasteiger partial charge < -0.3 is 15.0 Å². The molecule has 0 saturated carbocycles. The van der Waals surface area contributed by atoms with Crippen molar-refractivity contribution < 1.29 is 9.53 Å². The van der Waals surface area contributed by atoms with E-state index in [0.29, 0.717) is 18.3 Å². The van der Waals surface area contributed by atoms with Crippen LogP contribution in [0.1, 0.15) is 5.56 Å². The van der Waals surface area contributed by atoms with Gasteiger partial charge in [-0.25, -0.2) is 4.98 Å². The number of anilines is 2. The van der Waals surface area contributed by atoms with Gasteiger partial charge in [-0.15, -0.1) is 0 Å². The molecule has 0 atom stereocenters. The summed E-state index contributed by atoms with van der Waals surface area (Å²) in [5.41, 5.74) is 2.04. The van der Waals surface area contributed by atoms with E-state index in [1.165, 1.54) is 0 Å². The number of nitrogens with zero attached hydrogens (tertiary/aromatic N) is 2. The molecule has 1 amide bonds. The molecule has 0 unspecified atom stereocenters. The first kappa shape index (κ1) is 14.5. The molecule has 1 aliphatic heterocycles. The minimum atomic E-state index is -0.0603. The summed E-state index contributed by atoms with van der Waals surface area (Å²) in [6, 6.07) is 13.5. The van der Waals surface area contributed by atoms with Crippen molar-refractivity contribution in [3.05, 3.63) is 54.2 Å². The summed E-state index contributed by atoms with van der Waals surface area (Å²) in [7, 11) is 1.73. The van der Waals surface area contributed by atoms with Crippen molar-refractivity contribution in [2.75, 3.05) is 30.4 Å². The molecule has 5 nitrogen and oxygen atoms in total. The Bertz CT molecular complexity index is 622. The van der Waals surface area contributed by atoms with Crippen LogP contribution in [0, 0.1) is 0 Å². The summed E-state index contributed by atoms with van der Waals surface area (Å²) < 4.78 is 5.25. The standard InChI is InChI=1S/C17H19N3O2/c1-22-15-11-20(12-15)14-7-8-16(18-10-14)19-17(21)9-13-5-3-2-4-6-13/h2-8,10,15H,9,11-12H2,1H3,(H,18,19,21). The number of rotatable bonds is 5. The molecule has 22 heavy (non-hydrogen) atoms. The minimum Gasteiger partial charge on any atom is -0.378 e. The number of aromatic nitrogens is 1. The lowest BCUT2D eigenvalue weighted by Crippen LogP contribution is -2.51. The molecule has 114 valence electrons. The van der Waals surface area contributed by atoms with Crippen LogP contribution in [0.5, 0.6) is 0 Å². The molecule has 0 radical (unpaired) electrons. The average molecular weight is 297 g/mol. The van der Waals surface area contributed by atoms with E-state index in [1.54, 1.807) is 13.3 Å². The molecule has 2 heterocycles. The van der Waals surface area contributed by atoms with Crippen LogP contribution in [0.3, 0.4) is 0 Å². The van der Waals surface area contributed by atoms with E-state index in [1.807, 2.05) is 42.5 Å². The van der Waals surface area contributed by atoms with E-state index in [-0.39, 0.29) is 5.91 Å². The van der Waals surface area contributed by atoms with Gasteiger partial charge in [0, 0.05) is 20.2 Å². The summed E-state index contributed by atoms with van der Waals surface area (Å²) in [5, 5.41) is 2.82. The van der Waals surface area contributed by atoms with Crippen LogP contribution < -0.4 is 10.2 Å². The molecule has 2 aromatic rings. The number of carbonyl (C=O) groups is 1. The molecule has 1 N–H and O–H groups in total. The Kier molecular flexibility index (Phi) is 4.34. The van der Waals surface area contributed by atoms with Crippen LogP contribution in [-0.4, -0.2) is 37.2 Å². The van der Waals surface area contributed by atoms with Gasteiger partial charge in [0.1, 0.15) is 5.82 Å². The predicted octanol–water partition coefficient (Wildman–Crippen LogP) is 2.10. The Morgan fingerprint density at radius 1 is 1.27 bits per heavy atom. The quantitative estimate of drug-likeness (QED) is 0.918. The normalized spacial score (nSPS) is 14.5. The van der Waals surface area contributed by atoms with E-state index in [9.17, 15) is 4.79 Å². The average Bonchev–Trinajstić information content (AvgIpc) is 2.49. The molecule has 1 aromatic heterocycles. The van der Waals surface area contributed by atoms with E-state index in [2.05, 4.69) is 15.2 Å². The van der Waals surface area contributed by atoms with Crippen molar-refractivity contribution in [3.63, 3.8) is 0 Å². The van der Waals surface area contributed by atoms with Gasteiger partial charge in [0.05, 0.1) is 24.4 Å². The number of hydrogen-bond donors (Lipinski definition) is 1. The Morgan fingerprint density at radius 3 is 2.68 bits per heavy atom. The number of amides is 1. The molecule has 3 rings (SSSR count). The lowest BCUT2D eigenvalue weighted by atomic mass is 10.1. The zero-order chi connectivity index (χ0) is 15.4. The van der Waals surface area contributed by atoms with Gasteiger partial charge >= 0.3 is 0 Å². The third-order valence-electron chi connectivity index (χ3n) is 3.77. The SMILES string of the molecule is COC1CN(c2ccc(NC(=O)Cc3ccccc3)nc2)C1. The van der Waals surface area contributed by atoms with Gasteiger partial charge in [-0.2, -0.15) is 0 Å². The van der Waals surface area contributed by atoms with Crippen molar-refractivity contribution in [3.8, 4) is 0 Å². The minimum absolute atomic E-state index is 0.0603. The third kappa shape index (κ3) is 3.43. The van der Waals surface area contributed by atoms with Crippen molar-refractivity contribution in [2.24, 2.45) is 0 Å². The molecule has 0 spiro atoms. The van der Waals surface area contributed by atoms with Crippen LogP contribution >= 0.6 is 0 Å². The largest absolute Gasteiger partial charge is 0.378 e. The highest BCUT2D eigenvalue weighted by Gasteiger charge is 2.26. The highest BCUT2D eigenvalue weighted by Crippen LogP contribution is 2.22. The smallest absolute Gasteiger partial charge is 0.229 e. The highest BCUT2D eigenvalue weighted by atomic mass is 16.5. The van der Waals surface area contributed by atoms with Crippen LogP contribution in [0.2, 0.25) is 0 Å². The van der Waals surface area contributed by atoms with Gasteiger partial charge in [0.25, 0.3) is 0 Å². The maximum Gasteiger partial charge on any atom is 0.229 e. The molecular formula is C17H19N3O2. The predicted molar refractivity (Wildman–Crippen MR) is 86.0 cm³/mol. The number of pyridine rings is 1. The summed E-state index contributed by atoms with van der Waals surface area (Å²) >= 11 is 0. The first-order chi connectivity index (χ1) is 10.7. The van der Waals surface area contributed by atoms with Crippen LogP contribution in [0.25, 0.3) is 0 Å². The van der Waals surface area contributed by atoms with E-state index >= 15 is 0 Å². The topological polar surface area (TPSA) is 54.5 Å². The zero-order valence-electron chi connectivity index (χ0n) is 12.5. The number of benzene rings is 1. The zero-order valence-corrected chi connectivity index (χ0v) is 12.5. The lowest BCUT2D eigenvalue weighted by molar-refractivity contribution is -0.115. The molecule has 1 aromatic carbocycles. The maximum atomic E-state index is 12.0. The van der Waals surface area contributed by atoms with Gasteiger partial charge in [-0.1, -0.05) is 30.3 Å². The van der Waals surface area contributed by atoms with Gasteiger partial charge in [-0.3, -0.25) is 4.79 Å². The van der Waals surface area contributed by atoms with Crippen molar-refractivity contribution in [1.29, 1.82) is 0 Å². The number of nitrogens with one attached hydrogen (secondary N) is 1. The van der Waals surface area contributed by atoms with E-state index in [0.717, 1.165) is 24.3 Å². The Morgan fingerprint density at radius 2 is 2.05 bits per heavy atom. The molecule has 0 bridgehead atoms. The first-order valence-electron chi connectivity index (χ1n) is 7.32. The second-order valence-corrected chi connectivity index (χ2v) is 5.37. The van der Waals surface area contributed by atoms with Gasteiger partial charge in [0.2, 0.25) is 5.91 Å². The molecular weight excluding hydrogens is 278 g/mol. The Labute approximate surface area is 129 Å². The molecule has 1 aliphatic rings. The summed E-state index contributed by atoms with van der Waals surface area (Å²) in [4.78, 5) is 18.5. The van der Waals surface area contributed by atoms with Crippen molar-refractivity contribution in [1.82, 2.24) is 4.98 Å².